The molecule has 0 bridgehead atoms. The zero-order valence-corrected chi connectivity index (χ0v) is 17.7. The van der Waals surface area contributed by atoms with Gasteiger partial charge in [0.05, 0.1) is 23.5 Å². The minimum atomic E-state index is -0.0709. The van der Waals surface area contributed by atoms with Crippen molar-refractivity contribution in [1.82, 2.24) is 19.8 Å². The number of benzene rings is 1. The molecule has 0 unspecified atom stereocenters. The van der Waals surface area contributed by atoms with E-state index in [0.29, 0.717) is 11.2 Å². The number of thiazole rings is 1. The van der Waals surface area contributed by atoms with Crippen LogP contribution in [0.3, 0.4) is 0 Å². The van der Waals surface area contributed by atoms with Gasteiger partial charge < -0.3 is 14.5 Å². The Morgan fingerprint density at radius 3 is 2.72 bits per heavy atom. The van der Waals surface area contributed by atoms with Crippen molar-refractivity contribution < 1.29 is 9.53 Å². The number of carbonyl (C=O) groups is 1. The minimum absolute atomic E-state index is 0.0709. The second-order valence-corrected chi connectivity index (χ2v) is 8.46. The SMILES string of the molecule is COc1cncc(-c2ccc3nc(NC(=O)N4CCC(N(C)C)CC4)sc3c2)c1. The molecule has 0 saturated carbocycles. The Hall–Kier alpha value is -2.71. The predicted octanol–water partition coefficient (Wildman–Crippen LogP) is 3.92. The van der Waals surface area contributed by atoms with E-state index in [1.807, 2.05) is 29.3 Å². The molecule has 0 aliphatic carbocycles. The number of nitrogens with zero attached hydrogens (tertiary/aromatic N) is 4. The standard InChI is InChI=1S/C21H25N5O2S/c1-25(2)16-6-8-26(9-7-16)21(27)24-20-23-18-5-4-14(11-19(18)29-20)15-10-17(28-3)13-22-12-15/h4-5,10-13,16H,6-9H2,1-3H3,(H,23,24,27). The van der Waals surface area contributed by atoms with Crippen LogP contribution in [0.25, 0.3) is 21.3 Å². The minimum Gasteiger partial charge on any atom is -0.495 e. The second-order valence-electron chi connectivity index (χ2n) is 7.43. The number of fused-ring (bicyclic) bond motifs is 1. The lowest BCUT2D eigenvalue weighted by molar-refractivity contribution is 0.156. The van der Waals surface area contributed by atoms with Gasteiger partial charge in [-0.05, 0) is 50.7 Å². The van der Waals surface area contributed by atoms with Crippen LogP contribution in [-0.4, -0.2) is 66.1 Å². The molecule has 3 aromatic rings. The number of methoxy groups -OCH3 is 1. The molecule has 1 aliphatic heterocycles. The summed E-state index contributed by atoms with van der Waals surface area (Å²) in [5.41, 5.74) is 2.89. The molecule has 2 amide bonds. The number of carbonyl (C=O) groups excluding carboxylic acids is 1. The summed E-state index contributed by atoms with van der Waals surface area (Å²) in [4.78, 5) is 25.5. The van der Waals surface area contributed by atoms with Gasteiger partial charge in [-0.15, -0.1) is 0 Å². The Balaban J connectivity index is 1.47. The number of amides is 2. The van der Waals surface area contributed by atoms with Gasteiger partial charge in [-0.3, -0.25) is 10.3 Å². The third kappa shape index (κ3) is 4.33. The molecular weight excluding hydrogens is 386 g/mol. The molecule has 0 radical (unpaired) electrons. The van der Waals surface area contributed by atoms with E-state index in [1.54, 1.807) is 13.3 Å². The smallest absolute Gasteiger partial charge is 0.323 e. The maximum atomic E-state index is 12.6. The number of hydrogen-bond acceptors (Lipinski definition) is 6. The van der Waals surface area contributed by atoms with Crippen LogP contribution < -0.4 is 10.1 Å². The quantitative estimate of drug-likeness (QED) is 0.704. The first-order chi connectivity index (χ1) is 14.0. The number of piperidine rings is 1. The third-order valence-electron chi connectivity index (χ3n) is 5.37. The van der Waals surface area contributed by atoms with Gasteiger partial charge in [-0.25, -0.2) is 9.78 Å². The topological polar surface area (TPSA) is 70.6 Å². The molecule has 0 atom stereocenters. The number of rotatable bonds is 4. The van der Waals surface area contributed by atoms with Gasteiger partial charge in [0.2, 0.25) is 0 Å². The molecule has 7 nitrogen and oxygen atoms in total. The highest BCUT2D eigenvalue weighted by Crippen LogP contribution is 2.31. The van der Waals surface area contributed by atoms with Crippen molar-refractivity contribution in [2.24, 2.45) is 0 Å². The molecule has 1 fully saturated rings. The number of pyridine rings is 1. The van der Waals surface area contributed by atoms with Gasteiger partial charge in [0, 0.05) is 30.9 Å². The first-order valence-electron chi connectivity index (χ1n) is 9.66. The molecule has 0 spiro atoms. The van der Waals surface area contributed by atoms with E-state index >= 15 is 0 Å². The van der Waals surface area contributed by atoms with Gasteiger partial charge in [0.25, 0.3) is 0 Å². The lowest BCUT2D eigenvalue weighted by atomic mass is 10.0. The monoisotopic (exact) mass is 411 g/mol. The molecule has 1 N–H and O–H groups in total. The molecule has 4 rings (SSSR count). The number of aromatic nitrogens is 2. The number of likely N-dealkylation sites (tertiary alicyclic amines) is 1. The molecule has 1 aliphatic rings. The van der Waals surface area contributed by atoms with E-state index in [9.17, 15) is 4.79 Å². The van der Waals surface area contributed by atoms with Crippen LogP contribution in [0.4, 0.5) is 9.93 Å². The highest BCUT2D eigenvalue weighted by molar-refractivity contribution is 7.22. The summed E-state index contributed by atoms with van der Waals surface area (Å²) < 4.78 is 6.28. The summed E-state index contributed by atoms with van der Waals surface area (Å²) in [6.07, 6.45) is 5.49. The van der Waals surface area contributed by atoms with Crippen molar-refractivity contribution in [2.75, 3.05) is 39.6 Å². The fourth-order valence-corrected chi connectivity index (χ4v) is 4.50. The average Bonchev–Trinajstić information content (AvgIpc) is 3.15. The lowest BCUT2D eigenvalue weighted by Gasteiger charge is -2.34. The van der Waals surface area contributed by atoms with Crippen molar-refractivity contribution >= 4 is 32.7 Å². The fourth-order valence-electron chi connectivity index (χ4n) is 3.60. The summed E-state index contributed by atoms with van der Waals surface area (Å²) in [7, 11) is 5.82. The fraction of sp³-hybridized carbons (Fsp3) is 0.381. The van der Waals surface area contributed by atoms with Crippen molar-refractivity contribution in [1.29, 1.82) is 0 Å². The van der Waals surface area contributed by atoms with E-state index in [-0.39, 0.29) is 6.03 Å². The molecule has 29 heavy (non-hydrogen) atoms. The molecule has 2 aromatic heterocycles. The van der Waals surface area contributed by atoms with E-state index in [0.717, 1.165) is 53.0 Å². The Bertz CT molecular complexity index is 1010. The van der Waals surface area contributed by atoms with Gasteiger partial charge >= 0.3 is 6.03 Å². The van der Waals surface area contributed by atoms with Crippen LogP contribution in [0.15, 0.2) is 36.7 Å². The summed E-state index contributed by atoms with van der Waals surface area (Å²) in [5, 5.41) is 3.60. The van der Waals surface area contributed by atoms with Gasteiger partial charge in [-0.2, -0.15) is 0 Å². The highest BCUT2D eigenvalue weighted by atomic mass is 32.1. The maximum absolute atomic E-state index is 12.6. The molecule has 1 saturated heterocycles. The number of ether oxygens (including phenoxy) is 1. The summed E-state index contributed by atoms with van der Waals surface area (Å²) in [6.45, 7) is 1.54. The van der Waals surface area contributed by atoms with Gasteiger partial charge in [-0.1, -0.05) is 17.4 Å². The Morgan fingerprint density at radius 2 is 2.00 bits per heavy atom. The third-order valence-corrected chi connectivity index (χ3v) is 6.30. The Morgan fingerprint density at radius 1 is 1.21 bits per heavy atom. The summed E-state index contributed by atoms with van der Waals surface area (Å²) in [6, 6.07) is 8.48. The lowest BCUT2D eigenvalue weighted by Crippen LogP contribution is -2.45. The second kappa shape index (κ2) is 8.34. The van der Waals surface area contributed by atoms with Crippen molar-refractivity contribution in [3.63, 3.8) is 0 Å². The molecule has 3 heterocycles. The largest absolute Gasteiger partial charge is 0.495 e. The zero-order chi connectivity index (χ0) is 20.4. The normalized spacial score (nSPS) is 15.1. The average molecular weight is 412 g/mol. The predicted molar refractivity (Wildman–Crippen MR) is 117 cm³/mol. The summed E-state index contributed by atoms with van der Waals surface area (Å²) >= 11 is 1.48. The van der Waals surface area contributed by atoms with E-state index in [1.165, 1.54) is 11.3 Å². The van der Waals surface area contributed by atoms with Crippen molar-refractivity contribution in [3.05, 3.63) is 36.7 Å². The number of nitrogens with one attached hydrogen (secondary N) is 1. The number of urea groups is 1. The molecule has 8 heteroatoms. The zero-order valence-electron chi connectivity index (χ0n) is 16.9. The first kappa shape index (κ1) is 19.6. The van der Waals surface area contributed by atoms with Crippen LogP contribution in [-0.2, 0) is 0 Å². The van der Waals surface area contributed by atoms with Gasteiger partial charge in [0.1, 0.15) is 5.75 Å². The van der Waals surface area contributed by atoms with Crippen LogP contribution in [0.2, 0.25) is 0 Å². The van der Waals surface area contributed by atoms with E-state index in [2.05, 4.69) is 40.3 Å². The molecule has 152 valence electrons. The van der Waals surface area contributed by atoms with Crippen LogP contribution in [0, 0.1) is 0 Å². The highest BCUT2D eigenvalue weighted by Gasteiger charge is 2.24. The van der Waals surface area contributed by atoms with Crippen molar-refractivity contribution in [3.8, 4) is 16.9 Å². The van der Waals surface area contributed by atoms with Crippen LogP contribution in [0.1, 0.15) is 12.8 Å². The van der Waals surface area contributed by atoms with E-state index in [4.69, 9.17) is 4.74 Å². The van der Waals surface area contributed by atoms with Crippen LogP contribution in [0.5, 0.6) is 5.75 Å². The first-order valence-corrected chi connectivity index (χ1v) is 10.5. The molecule has 1 aromatic carbocycles. The van der Waals surface area contributed by atoms with E-state index < -0.39 is 0 Å². The van der Waals surface area contributed by atoms with Gasteiger partial charge in [0.15, 0.2) is 5.13 Å². The number of hydrogen-bond donors (Lipinski definition) is 1. The van der Waals surface area contributed by atoms with Crippen LogP contribution >= 0.6 is 11.3 Å². The van der Waals surface area contributed by atoms with Crippen molar-refractivity contribution in [2.45, 2.75) is 18.9 Å². The summed E-state index contributed by atoms with van der Waals surface area (Å²) in [5.74, 6) is 0.720. The maximum Gasteiger partial charge on any atom is 0.323 e. The Labute approximate surface area is 174 Å². The molecular formula is C21H25N5O2S. The Kier molecular flexibility index (Phi) is 5.64. The number of anilines is 1.